The summed E-state index contributed by atoms with van der Waals surface area (Å²) in [5, 5.41) is 10.2. The fraction of sp³-hybridized carbons (Fsp3) is 0.560. The van der Waals surface area contributed by atoms with Crippen LogP contribution in [0.5, 0.6) is 0 Å². The maximum absolute atomic E-state index is 8.91. The zero-order chi connectivity index (χ0) is 19.5. The summed E-state index contributed by atoms with van der Waals surface area (Å²) in [6.45, 7) is 7.21. The van der Waals surface area contributed by atoms with E-state index in [4.69, 9.17) is 5.26 Å². The minimum atomic E-state index is 0.567. The Morgan fingerprint density at radius 2 is 1.71 bits per heavy atom. The van der Waals surface area contributed by atoms with E-state index in [-0.39, 0.29) is 0 Å². The number of fused-ring (bicyclic) bond motifs is 1. The van der Waals surface area contributed by atoms with E-state index in [2.05, 4.69) is 59.8 Å². The molecule has 2 aromatic rings. The van der Waals surface area contributed by atoms with Crippen LogP contribution < -0.4 is 0 Å². The Morgan fingerprint density at radius 3 is 2.39 bits per heavy atom. The molecular weight excluding hydrogens is 342 g/mol. The molecule has 2 aliphatic rings. The van der Waals surface area contributed by atoms with Gasteiger partial charge in [0.15, 0.2) is 0 Å². The first-order chi connectivity index (χ1) is 13.7. The summed E-state index contributed by atoms with van der Waals surface area (Å²) in [6, 6.07) is 12.1. The topological polar surface area (TPSA) is 32.0 Å². The van der Waals surface area contributed by atoms with Crippen molar-refractivity contribution in [2.24, 2.45) is 11.8 Å². The van der Waals surface area contributed by atoms with Crippen LogP contribution in [0.2, 0.25) is 0 Å². The number of nitrogens with zero attached hydrogens (tertiary/aromatic N) is 3. The average molecular weight is 376 g/mol. The Balaban J connectivity index is 1.43. The quantitative estimate of drug-likeness (QED) is 0.611. The van der Waals surface area contributed by atoms with E-state index >= 15 is 0 Å². The molecule has 3 nitrogen and oxygen atoms in total. The SMILES string of the molecule is CC(C)C1CCC(N2CCC(n3cc(/C=C\C#N)c4ccccc43)CC2)CC1. The average Bonchev–Trinajstić information content (AvgIpc) is 3.11. The molecule has 0 unspecified atom stereocenters. The number of piperidine rings is 1. The molecule has 0 bridgehead atoms. The number of allylic oxidation sites excluding steroid dienone is 1. The molecule has 0 atom stereocenters. The minimum Gasteiger partial charge on any atom is -0.344 e. The lowest BCUT2D eigenvalue weighted by atomic mass is 9.79. The highest BCUT2D eigenvalue weighted by Gasteiger charge is 2.30. The van der Waals surface area contributed by atoms with Crippen molar-refractivity contribution in [2.45, 2.75) is 64.5 Å². The predicted molar refractivity (Wildman–Crippen MR) is 117 cm³/mol. The van der Waals surface area contributed by atoms with Crippen LogP contribution in [0.25, 0.3) is 17.0 Å². The van der Waals surface area contributed by atoms with Gasteiger partial charge in [0.2, 0.25) is 0 Å². The van der Waals surface area contributed by atoms with Crippen molar-refractivity contribution in [3.63, 3.8) is 0 Å². The van der Waals surface area contributed by atoms with Gasteiger partial charge in [-0.2, -0.15) is 5.26 Å². The van der Waals surface area contributed by atoms with Crippen molar-refractivity contribution in [1.29, 1.82) is 5.26 Å². The summed E-state index contributed by atoms with van der Waals surface area (Å²) in [4.78, 5) is 2.77. The van der Waals surface area contributed by atoms with Gasteiger partial charge in [0.25, 0.3) is 0 Å². The molecule has 0 N–H and O–H groups in total. The molecule has 0 spiro atoms. The predicted octanol–water partition coefficient (Wildman–Crippen LogP) is 6.03. The number of nitriles is 1. The third-order valence-electron chi connectivity index (χ3n) is 7.20. The molecular formula is C25H33N3. The smallest absolute Gasteiger partial charge is 0.0912 e. The zero-order valence-corrected chi connectivity index (χ0v) is 17.3. The third kappa shape index (κ3) is 3.89. The summed E-state index contributed by atoms with van der Waals surface area (Å²) in [5.41, 5.74) is 2.46. The van der Waals surface area contributed by atoms with E-state index in [1.807, 2.05) is 6.08 Å². The minimum absolute atomic E-state index is 0.567. The van der Waals surface area contributed by atoms with Gasteiger partial charge in [0, 0.05) is 53.9 Å². The van der Waals surface area contributed by atoms with Crippen LogP contribution in [0.3, 0.4) is 0 Å². The monoisotopic (exact) mass is 375 g/mol. The summed E-state index contributed by atoms with van der Waals surface area (Å²) in [7, 11) is 0. The van der Waals surface area contributed by atoms with E-state index in [9.17, 15) is 0 Å². The van der Waals surface area contributed by atoms with Crippen molar-refractivity contribution in [3.05, 3.63) is 42.1 Å². The summed E-state index contributed by atoms with van der Waals surface area (Å²) < 4.78 is 2.47. The van der Waals surface area contributed by atoms with Gasteiger partial charge in [0.1, 0.15) is 0 Å². The van der Waals surface area contributed by atoms with Gasteiger partial charge in [-0.1, -0.05) is 32.0 Å². The fourth-order valence-electron chi connectivity index (χ4n) is 5.46. The molecule has 1 aromatic carbocycles. The molecule has 1 saturated heterocycles. The van der Waals surface area contributed by atoms with Crippen LogP contribution in [-0.4, -0.2) is 28.6 Å². The largest absolute Gasteiger partial charge is 0.344 e. The number of rotatable bonds is 4. The molecule has 2 fully saturated rings. The molecule has 1 aliphatic heterocycles. The Kier molecular flexibility index (Phi) is 5.87. The molecule has 4 rings (SSSR count). The second-order valence-corrected chi connectivity index (χ2v) is 9.05. The number of benzene rings is 1. The van der Waals surface area contributed by atoms with Crippen molar-refractivity contribution in [3.8, 4) is 6.07 Å². The van der Waals surface area contributed by atoms with Gasteiger partial charge in [-0.15, -0.1) is 0 Å². The van der Waals surface area contributed by atoms with E-state index < -0.39 is 0 Å². The Hall–Kier alpha value is -2.05. The summed E-state index contributed by atoms with van der Waals surface area (Å²) in [5.74, 6) is 1.79. The van der Waals surface area contributed by atoms with E-state index in [1.54, 1.807) is 6.08 Å². The zero-order valence-electron chi connectivity index (χ0n) is 17.3. The first kappa shape index (κ1) is 19.3. The van der Waals surface area contributed by atoms with Crippen LogP contribution in [0, 0.1) is 23.2 Å². The number of para-hydroxylation sites is 1. The van der Waals surface area contributed by atoms with Gasteiger partial charge in [-0.25, -0.2) is 0 Å². The molecule has 1 saturated carbocycles. The summed E-state index contributed by atoms with van der Waals surface area (Å²) >= 11 is 0. The molecule has 3 heteroatoms. The van der Waals surface area contributed by atoms with Gasteiger partial charge in [-0.3, -0.25) is 0 Å². The highest BCUT2D eigenvalue weighted by molar-refractivity contribution is 5.89. The number of aromatic nitrogens is 1. The normalized spacial score (nSPS) is 24.9. The molecule has 28 heavy (non-hydrogen) atoms. The maximum atomic E-state index is 8.91. The van der Waals surface area contributed by atoms with Crippen LogP contribution in [-0.2, 0) is 0 Å². The fourth-order valence-corrected chi connectivity index (χ4v) is 5.46. The van der Waals surface area contributed by atoms with Crippen LogP contribution >= 0.6 is 0 Å². The molecule has 0 amide bonds. The number of likely N-dealkylation sites (tertiary alicyclic amines) is 1. The summed E-state index contributed by atoms with van der Waals surface area (Å²) in [6.07, 6.45) is 13.9. The van der Waals surface area contributed by atoms with Crippen LogP contribution in [0.4, 0.5) is 0 Å². The highest BCUT2D eigenvalue weighted by Crippen LogP contribution is 2.36. The van der Waals surface area contributed by atoms with Gasteiger partial charge >= 0.3 is 0 Å². The van der Waals surface area contributed by atoms with Crippen molar-refractivity contribution in [1.82, 2.24) is 9.47 Å². The Morgan fingerprint density at radius 1 is 1.00 bits per heavy atom. The molecule has 1 aliphatic carbocycles. The standard InChI is InChI=1S/C25H33N3/c1-19(2)20-9-11-22(12-10-20)27-16-13-23(14-17-27)28-18-21(6-5-15-26)24-7-3-4-8-25(24)28/h3-8,18-20,22-23H,9-14,16-17H2,1-2H3/b6-5-. The molecule has 1 aromatic heterocycles. The first-order valence-corrected chi connectivity index (χ1v) is 11.1. The van der Waals surface area contributed by atoms with E-state index in [0.717, 1.165) is 23.4 Å². The lowest BCUT2D eigenvalue weighted by Gasteiger charge is -2.42. The highest BCUT2D eigenvalue weighted by atomic mass is 15.2. The second kappa shape index (κ2) is 8.53. The van der Waals surface area contributed by atoms with Crippen LogP contribution in [0.15, 0.2) is 36.5 Å². The Bertz CT molecular complexity index is 854. The molecule has 148 valence electrons. The lowest BCUT2D eigenvalue weighted by Crippen LogP contribution is -2.43. The third-order valence-corrected chi connectivity index (χ3v) is 7.20. The van der Waals surface area contributed by atoms with Crippen molar-refractivity contribution < 1.29 is 0 Å². The van der Waals surface area contributed by atoms with E-state index in [1.165, 1.54) is 62.5 Å². The van der Waals surface area contributed by atoms with Gasteiger partial charge in [0.05, 0.1) is 6.07 Å². The molecule has 0 radical (unpaired) electrons. The van der Waals surface area contributed by atoms with Crippen molar-refractivity contribution in [2.75, 3.05) is 13.1 Å². The van der Waals surface area contributed by atoms with Crippen molar-refractivity contribution >= 4 is 17.0 Å². The number of hydrogen-bond donors (Lipinski definition) is 0. The first-order valence-electron chi connectivity index (χ1n) is 11.1. The second-order valence-electron chi connectivity index (χ2n) is 9.05. The number of hydrogen-bond acceptors (Lipinski definition) is 2. The van der Waals surface area contributed by atoms with Crippen LogP contribution in [0.1, 0.15) is 64.0 Å². The van der Waals surface area contributed by atoms with Gasteiger partial charge in [-0.05, 0) is 62.5 Å². The maximum Gasteiger partial charge on any atom is 0.0912 e. The van der Waals surface area contributed by atoms with Gasteiger partial charge < -0.3 is 9.47 Å². The Labute approximate surface area is 169 Å². The van der Waals surface area contributed by atoms with E-state index in [0.29, 0.717) is 6.04 Å². The molecule has 2 heterocycles. The lowest BCUT2D eigenvalue weighted by molar-refractivity contribution is 0.0894.